The van der Waals surface area contributed by atoms with E-state index in [-0.39, 0.29) is 16.4 Å². The first-order valence-electron chi connectivity index (χ1n) is 5.60. The van der Waals surface area contributed by atoms with Crippen LogP contribution in [0.25, 0.3) is 0 Å². The van der Waals surface area contributed by atoms with Crippen LogP contribution in [0.1, 0.15) is 11.1 Å². The van der Waals surface area contributed by atoms with Gasteiger partial charge in [-0.2, -0.15) is 0 Å². The van der Waals surface area contributed by atoms with Crippen molar-refractivity contribution < 1.29 is 8.78 Å². The number of rotatable bonds is 3. The van der Waals surface area contributed by atoms with Crippen LogP contribution >= 0.6 is 12.2 Å². The molecule has 19 heavy (non-hydrogen) atoms. The van der Waals surface area contributed by atoms with E-state index in [1.54, 1.807) is 25.1 Å². The van der Waals surface area contributed by atoms with E-state index < -0.39 is 5.82 Å². The number of hydrogen-bond acceptors (Lipinski definition) is 2. The van der Waals surface area contributed by atoms with Crippen LogP contribution in [0, 0.1) is 18.6 Å². The molecular weight excluding hydrogens is 266 g/mol. The van der Waals surface area contributed by atoms with E-state index in [0.717, 1.165) is 0 Å². The van der Waals surface area contributed by atoms with Crippen LogP contribution in [0.3, 0.4) is 0 Å². The van der Waals surface area contributed by atoms with Crippen LogP contribution < -0.4 is 11.1 Å². The van der Waals surface area contributed by atoms with Gasteiger partial charge in [-0.25, -0.2) is 8.78 Å². The van der Waals surface area contributed by atoms with Gasteiger partial charge in [0.05, 0.1) is 11.3 Å². The second-order valence-electron chi connectivity index (χ2n) is 4.11. The average Bonchev–Trinajstić information content (AvgIpc) is 2.32. The van der Waals surface area contributed by atoms with Gasteiger partial charge in [-0.15, -0.1) is 0 Å². The number of hydrogen-bond donors (Lipinski definition) is 2. The molecular formula is C14H12F2N2S. The Morgan fingerprint density at radius 1 is 1.16 bits per heavy atom. The monoisotopic (exact) mass is 278 g/mol. The minimum absolute atomic E-state index is 0.0274. The lowest BCUT2D eigenvalue weighted by atomic mass is 10.1. The second kappa shape index (κ2) is 5.32. The first-order valence-corrected chi connectivity index (χ1v) is 6.01. The van der Waals surface area contributed by atoms with Gasteiger partial charge >= 0.3 is 0 Å². The van der Waals surface area contributed by atoms with E-state index in [1.807, 2.05) is 0 Å². The molecule has 2 aromatic rings. The zero-order valence-electron chi connectivity index (χ0n) is 10.2. The Balaban J connectivity index is 2.44. The fourth-order valence-electron chi connectivity index (χ4n) is 1.79. The Morgan fingerprint density at radius 3 is 2.53 bits per heavy atom. The van der Waals surface area contributed by atoms with E-state index in [0.29, 0.717) is 16.9 Å². The van der Waals surface area contributed by atoms with Crippen molar-refractivity contribution in [2.24, 2.45) is 5.73 Å². The maximum Gasteiger partial charge on any atom is 0.135 e. The molecule has 0 unspecified atom stereocenters. The van der Waals surface area contributed by atoms with Gasteiger partial charge in [-0.1, -0.05) is 18.3 Å². The molecule has 0 radical (unpaired) electrons. The highest BCUT2D eigenvalue weighted by Gasteiger charge is 2.12. The normalized spacial score (nSPS) is 10.3. The zero-order valence-corrected chi connectivity index (χ0v) is 11.0. The van der Waals surface area contributed by atoms with Gasteiger partial charge in [0, 0.05) is 5.69 Å². The summed E-state index contributed by atoms with van der Waals surface area (Å²) in [5, 5.41) is 3.02. The fraction of sp³-hybridized carbons (Fsp3) is 0.0714. The van der Waals surface area contributed by atoms with Gasteiger partial charge in [0.1, 0.15) is 16.6 Å². The van der Waals surface area contributed by atoms with Gasteiger partial charge in [0.25, 0.3) is 0 Å². The van der Waals surface area contributed by atoms with E-state index >= 15 is 0 Å². The molecule has 0 atom stereocenters. The number of nitrogens with two attached hydrogens (primary N) is 1. The number of anilines is 2. The number of halogens is 2. The number of benzene rings is 2. The van der Waals surface area contributed by atoms with Crippen molar-refractivity contribution >= 4 is 28.6 Å². The number of aryl methyl sites for hydroxylation is 1. The first-order chi connectivity index (χ1) is 8.99. The molecule has 5 heteroatoms. The topological polar surface area (TPSA) is 38.0 Å². The quantitative estimate of drug-likeness (QED) is 0.842. The Morgan fingerprint density at radius 2 is 1.89 bits per heavy atom. The maximum absolute atomic E-state index is 13.7. The van der Waals surface area contributed by atoms with E-state index in [2.05, 4.69) is 5.32 Å². The van der Waals surface area contributed by atoms with Gasteiger partial charge in [0.2, 0.25) is 0 Å². The molecule has 0 fully saturated rings. The third kappa shape index (κ3) is 2.88. The predicted molar refractivity (Wildman–Crippen MR) is 76.7 cm³/mol. The Labute approximate surface area is 115 Å². The Bertz CT molecular complexity index is 641. The SMILES string of the molecule is Cc1cc(F)ccc1Nc1cccc(F)c1C(N)=S. The first kappa shape index (κ1) is 13.4. The molecule has 0 heterocycles. The summed E-state index contributed by atoms with van der Waals surface area (Å²) >= 11 is 4.84. The highest BCUT2D eigenvalue weighted by atomic mass is 32.1. The third-order valence-electron chi connectivity index (χ3n) is 2.72. The summed E-state index contributed by atoms with van der Waals surface area (Å²) in [4.78, 5) is -0.0274. The molecule has 0 saturated carbocycles. The molecule has 2 rings (SSSR count). The second-order valence-corrected chi connectivity index (χ2v) is 4.55. The van der Waals surface area contributed by atoms with Crippen LogP contribution in [0.15, 0.2) is 36.4 Å². The lowest BCUT2D eigenvalue weighted by molar-refractivity contribution is 0.625. The summed E-state index contributed by atoms with van der Waals surface area (Å²) in [5.74, 6) is -0.811. The molecule has 0 amide bonds. The minimum atomic E-state index is -0.489. The summed E-state index contributed by atoms with van der Waals surface area (Å²) in [6, 6.07) is 8.81. The van der Waals surface area contributed by atoms with Crippen LogP contribution in [-0.4, -0.2) is 4.99 Å². The molecule has 0 bridgehead atoms. The fourth-order valence-corrected chi connectivity index (χ4v) is 2.00. The van der Waals surface area contributed by atoms with Crippen LogP contribution in [0.4, 0.5) is 20.2 Å². The van der Waals surface area contributed by atoms with Gasteiger partial charge in [0.15, 0.2) is 0 Å². The van der Waals surface area contributed by atoms with Crippen LogP contribution in [0.5, 0.6) is 0 Å². The highest BCUT2D eigenvalue weighted by Crippen LogP contribution is 2.25. The van der Waals surface area contributed by atoms with Crippen molar-refractivity contribution in [3.8, 4) is 0 Å². The van der Waals surface area contributed by atoms with Crippen LogP contribution in [-0.2, 0) is 0 Å². The smallest absolute Gasteiger partial charge is 0.135 e. The lowest BCUT2D eigenvalue weighted by Gasteiger charge is -2.13. The molecule has 0 aromatic heterocycles. The molecule has 0 aliphatic heterocycles. The van der Waals surface area contributed by atoms with Crippen LogP contribution in [0.2, 0.25) is 0 Å². The van der Waals surface area contributed by atoms with Crippen molar-refractivity contribution in [3.05, 3.63) is 59.2 Å². The summed E-state index contributed by atoms with van der Waals surface area (Å²) in [6.07, 6.45) is 0. The predicted octanol–water partition coefficient (Wildman–Crippen LogP) is 3.65. The minimum Gasteiger partial charge on any atom is -0.389 e. The molecule has 0 aliphatic rings. The zero-order chi connectivity index (χ0) is 14.0. The van der Waals surface area contributed by atoms with E-state index in [1.165, 1.54) is 18.2 Å². The van der Waals surface area contributed by atoms with Gasteiger partial charge in [-0.05, 0) is 42.8 Å². The van der Waals surface area contributed by atoms with Crippen molar-refractivity contribution in [2.75, 3.05) is 5.32 Å². The third-order valence-corrected chi connectivity index (χ3v) is 2.92. The van der Waals surface area contributed by atoms with Gasteiger partial charge in [-0.3, -0.25) is 0 Å². The molecule has 2 aromatic carbocycles. The summed E-state index contributed by atoms with van der Waals surface area (Å²) in [5.41, 5.74) is 7.51. The number of thiocarbonyl (C=S) groups is 1. The summed E-state index contributed by atoms with van der Waals surface area (Å²) in [6.45, 7) is 1.76. The lowest BCUT2D eigenvalue weighted by Crippen LogP contribution is -2.14. The van der Waals surface area contributed by atoms with Crippen molar-refractivity contribution in [2.45, 2.75) is 6.92 Å². The largest absolute Gasteiger partial charge is 0.389 e. The standard InChI is InChI=1S/C14H12F2N2S/c1-8-7-9(15)5-6-11(8)18-12-4-2-3-10(16)13(12)14(17)19/h2-7,18H,1H3,(H2,17,19). The van der Waals surface area contributed by atoms with Crippen molar-refractivity contribution in [3.63, 3.8) is 0 Å². The van der Waals surface area contributed by atoms with Crippen molar-refractivity contribution in [1.82, 2.24) is 0 Å². The summed E-state index contributed by atoms with van der Waals surface area (Å²) < 4.78 is 26.7. The Kier molecular flexibility index (Phi) is 3.76. The molecule has 0 aliphatic carbocycles. The van der Waals surface area contributed by atoms with Gasteiger partial charge < -0.3 is 11.1 Å². The van der Waals surface area contributed by atoms with E-state index in [4.69, 9.17) is 18.0 Å². The Hall–Kier alpha value is -2.01. The van der Waals surface area contributed by atoms with E-state index in [9.17, 15) is 8.78 Å². The summed E-state index contributed by atoms with van der Waals surface area (Å²) in [7, 11) is 0. The molecule has 0 spiro atoms. The number of nitrogens with one attached hydrogen (secondary N) is 1. The van der Waals surface area contributed by atoms with Crippen molar-refractivity contribution in [1.29, 1.82) is 0 Å². The molecule has 2 nitrogen and oxygen atoms in total. The molecule has 98 valence electrons. The molecule has 3 N–H and O–H groups in total. The maximum atomic E-state index is 13.7. The highest BCUT2D eigenvalue weighted by molar-refractivity contribution is 7.80. The average molecular weight is 278 g/mol. The molecule has 0 saturated heterocycles.